The summed E-state index contributed by atoms with van der Waals surface area (Å²) in [4.78, 5) is 4.56. The molecule has 0 bridgehead atoms. The van der Waals surface area contributed by atoms with Gasteiger partial charge in [0.1, 0.15) is 5.82 Å². The average Bonchev–Trinajstić information content (AvgIpc) is 2.73. The summed E-state index contributed by atoms with van der Waals surface area (Å²) in [6, 6.07) is 5.07. The summed E-state index contributed by atoms with van der Waals surface area (Å²) in [7, 11) is 0. The first-order valence-corrected chi connectivity index (χ1v) is 7.01. The Morgan fingerprint density at radius 2 is 2.06 bits per heavy atom. The van der Waals surface area contributed by atoms with Gasteiger partial charge in [-0.05, 0) is 11.6 Å². The molecule has 0 fully saturated rings. The zero-order valence-corrected chi connectivity index (χ0v) is 12.2. The van der Waals surface area contributed by atoms with Crippen molar-refractivity contribution in [2.45, 2.75) is 32.6 Å². The van der Waals surface area contributed by atoms with Gasteiger partial charge in [-0.25, -0.2) is 9.37 Å². The maximum Gasteiger partial charge on any atom is 0.145 e. The Kier molecular flexibility index (Phi) is 3.74. The second-order valence-electron chi connectivity index (χ2n) is 5.27. The third kappa shape index (κ3) is 2.90. The van der Waals surface area contributed by atoms with Crippen LogP contribution in [0, 0.1) is 5.82 Å². The molecular formula is C14H15ClFNS. The van der Waals surface area contributed by atoms with E-state index in [1.54, 1.807) is 29.5 Å². The SMILES string of the molecule is CC(C)(C)c1csc(Cc2cccc(Cl)c2F)n1. The quantitative estimate of drug-likeness (QED) is 0.770. The highest BCUT2D eigenvalue weighted by Gasteiger charge is 2.18. The van der Waals surface area contributed by atoms with Crippen LogP contribution in [0.1, 0.15) is 37.0 Å². The van der Waals surface area contributed by atoms with E-state index in [4.69, 9.17) is 11.6 Å². The van der Waals surface area contributed by atoms with Gasteiger partial charge in [0.25, 0.3) is 0 Å². The molecule has 1 aromatic heterocycles. The van der Waals surface area contributed by atoms with E-state index in [9.17, 15) is 4.39 Å². The Balaban J connectivity index is 2.24. The molecule has 1 heterocycles. The highest BCUT2D eigenvalue weighted by molar-refractivity contribution is 7.09. The molecule has 0 unspecified atom stereocenters. The van der Waals surface area contributed by atoms with Gasteiger partial charge in [0, 0.05) is 17.2 Å². The van der Waals surface area contributed by atoms with Gasteiger partial charge in [0.15, 0.2) is 0 Å². The summed E-state index contributed by atoms with van der Waals surface area (Å²) in [6.45, 7) is 6.35. The van der Waals surface area contributed by atoms with Crippen molar-refractivity contribution in [1.82, 2.24) is 4.98 Å². The van der Waals surface area contributed by atoms with E-state index < -0.39 is 0 Å². The van der Waals surface area contributed by atoms with Crippen molar-refractivity contribution < 1.29 is 4.39 Å². The van der Waals surface area contributed by atoms with E-state index in [-0.39, 0.29) is 16.3 Å². The molecule has 0 aliphatic carbocycles. The minimum absolute atomic E-state index is 0.0294. The minimum Gasteiger partial charge on any atom is -0.245 e. The van der Waals surface area contributed by atoms with Gasteiger partial charge in [0.05, 0.1) is 15.7 Å². The molecule has 0 saturated carbocycles. The first kappa shape index (κ1) is 13.5. The normalized spacial score (nSPS) is 11.8. The number of hydrogen-bond donors (Lipinski definition) is 0. The fraction of sp³-hybridized carbons (Fsp3) is 0.357. The van der Waals surface area contributed by atoms with Crippen molar-refractivity contribution in [2.24, 2.45) is 0 Å². The summed E-state index contributed by atoms with van der Waals surface area (Å²) < 4.78 is 13.8. The van der Waals surface area contributed by atoms with E-state index >= 15 is 0 Å². The van der Waals surface area contributed by atoms with Gasteiger partial charge in [0.2, 0.25) is 0 Å². The van der Waals surface area contributed by atoms with Crippen LogP contribution in [-0.2, 0) is 11.8 Å². The van der Waals surface area contributed by atoms with Crippen LogP contribution in [0.2, 0.25) is 5.02 Å². The summed E-state index contributed by atoms with van der Waals surface area (Å²) >= 11 is 7.33. The smallest absolute Gasteiger partial charge is 0.145 e. The first-order valence-electron chi connectivity index (χ1n) is 5.75. The molecule has 4 heteroatoms. The number of rotatable bonds is 2. The molecule has 0 N–H and O–H groups in total. The Morgan fingerprint density at radius 3 is 2.67 bits per heavy atom. The van der Waals surface area contributed by atoms with Crippen molar-refractivity contribution in [2.75, 3.05) is 0 Å². The van der Waals surface area contributed by atoms with Gasteiger partial charge in [-0.3, -0.25) is 0 Å². The van der Waals surface area contributed by atoms with E-state index in [2.05, 4.69) is 25.8 Å². The highest BCUT2D eigenvalue weighted by atomic mass is 35.5. The van der Waals surface area contributed by atoms with Crippen LogP contribution in [0.3, 0.4) is 0 Å². The lowest BCUT2D eigenvalue weighted by atomic mass is 9.93. The van der Waals surface area contributed by atoms with Crippen molar-refractivity contribution in [3.8, 4) is 0 Å². The van der Waals surface area contributed by atoms with E-state index in [1.165, 1.54) is 0 Å². The Labute approximate surface area is 116 Å². The van der Waals surface area contributed by atoms with Crippen LogP contribution in [0.25, 0.3) is 0 Å². The second-order valence-corrected chi connectivity index (χ2v) is 6.62. The Bertz CT molecular complexity index is 557. The predicted molar refractivity (Wildman–Crippen MR) is 75.0 cm³/mol. The molecule has 0 aliphatic rings. The molecular weight excluding hydrogens is 269 g/mol. The number of thiazole rings is 1. The molecule has 0 aliphatic heterocycles. The third-order valence-electron chi connectivity index (χ3n) is 2.69. The topological polar surface area (TPSA) is 12.9 Å². The van der Waals surface area contributed by atoms with Crippen molar-refractivity contribution in [3.05, 3.63) is 50.7 Å². The van der Waals surface area contributed by atoms with Crippen LogP contribution in [0.5, 0.6) is 0 Å². The highest BCUT2D eigenvalue weighted by Crippen LogP contribution is 2.26. The number of nitrogens with zero attached hydrogens (tertiary/aromatic N) is 1. The van der Waals surface area contributed by atoms with E-state index in [1.807, 2.05) is 5.38 Å². The standard InChI is InChI=1S/C14H15ClFNS/c1-14(2,3)11-8-18-12(17-11)7-9-5-4-6-10(15)13(9)16/h4-6,8H,7H2,1-3H3. The summed E-state index contributed by atoms with van der Waals surface area (Å²) in [6.07, 6.45) is 0.493. The number of halogens is 2. The first-order chi connectivity index (χ1) is 8.38. The zero-order chi connectivity index (χ0) is 13.3. The summed E-state index contributed by atoms with van der Waals surface area (Å²) in [5.41, 5.74) is 1.67. The number of aromatic nitrogens is 1. The lowest BCUT2D eigenvalue weighted by molar-refractivity contribution is 0.570. The van der Waals surface area contributed by atoms with Crippen LogP contribution in [0.15, 0.2) is 23.6 Å². The Morgan fingerprint density at radius 1 is 1.33 bits per heavy atom. The summed E-state index contributed by atoms with van der Waals surface area (Å²) in [5.74, 6) is -0.341. The van der Waals surface area contributed by atoms with Crippen LogP contribution in [-0.4, -0.2) is 4.98 Å². The lowest BCUT2D eigenvalue weighted by Crippen LogP contribution is -2.11. The molecule has 0 radical (unpaired) electrons. The van der Waals surface area contributed by atoms with Crippen LogP contribution < -0.4 is 0 Å². The van der Waals surface area contributed by atoms with Gasteiger partial charge >= 0.3 is 0 Å². The molecule has 1 nitrogen and oxygen atoms in total. The van der Waals surface area contributed by atoms with Crippen molar-refractivity contribution in [1.29, 1.82) is 0 Å². The number of benzene rings is 1. The van der Waals surface area contributed by atoms with Crippen LogP contribution in [0.4, 0.5) is 4.39 Å². The molecule has 2 aromatic rings. The van der Waals surface area contributed by atoms with Crippen molar-refractivity contribution >= 4 is 22.9 Å². The minimum atomic E-state index is -0.341. The van der Waals surface area contributed by atoms with Gasteiger partial charge in [-0.1, -0.05) is 44.5 Å². The van der Waals surface area contributed by atoms with E-state index in [0.29, 0.717) is 12.0 Å². The fourth-order valence-electron chi connectivity index (χ4n) is 1.58. The maximum absolute atomic E-state index is 13.8. The molecule has 0 amide bonds. The maximum atomic E-state index is 13.8. The van der Waals surface area contributed by atoms with Gasteiger partial charge in [-0.2, -0.15) is 0 Å². The van der Waals surface area contributed by atoms with Gasteiger partial charge < -0.3 is 0 Å². The van der Waals surface area contributed by atoms with Crippen LogP contribution >= 0.6 is 22.9 Å². The second kappa shape index (κ2) is 4.98. The predicted octanol–water partition coefficient (Wildman–Crippen LogP) is 4.82. The molecule has 0 saturated heterocycles. The molecule has 0 spiro atoms. The zero-order valence-electron chi connectivity index (χ0n) is 10.6. The lowest BCUT2D eigenvalue weighted by Gasteiger charge is -2.14. The largest absolute Gasteiger partial charge is 0.245 e. The monoisotopic (exact) mass is 283 g/mol. The molecule has 18 heavy (non-hydrogen) atoms. The molecule has 1 aromatic carbocycles. The Hall–Kier alpha value is -0.930. The fourth-order valence-corrected chi connectivity index (χ4v) is 2.82. The molecule has 2 rings (SSSR count). The van der Waals surface area contributed by atoms with Gasteiger partial charge in [-0.15, -0.1) is 11.3 Å². The molecule has 0 atom stereocenters. The third-order valence-corrected chi connectivity index (χ3v) is 3.83. The number of hydrogen-bond acceptors (Lipinski definition) is 2. The summed E-state index contributed by atoms with van der Waals surface area (Å²) in [5, 5.41) is 3.12. The van der Waals surface area contributed by atoms with Crippen molar-refractivity contribution in [3.63, 3.8) is 0 Å². The van der Waals surface area contributed by atoms with E-state index in [0.717, 1.165) is 10.7 Å². The molecule has 96 valence electrons. The average molecular weight is 284 g/mol.